The zero-order valence-electron chi connectivity index (χ0n) is 27.2. The highest BCUT2D eigenvalue weighted by atomic mass is 32.2. The van der Waals surface area contributed by atoms with Crippen LogP contribution in [-0.4, -0.2) is 24.6 Å². The average molecular weight is 699 g/mol. The van der Waals surface area contributed by atoms with Crippen molar-refractivity contribution in [3.63, 3.8) is 0 Å². The molecule has 0 aromatic heterocycles. The topological polar surface area (TPSA) is 27.7 Å². The van der Waals surface area contributed by atoms with Crippen molar-refractivity contribution < 1.29 is 12.3 Å². The lowest BCUT2D eigenvalue weighted by atomic mass is 9.93. The van der Waals surface area contributed by atoms with Gasteiger partial charge in [0.2, 0.25) is 0 Å². The van der Waals surface area contributed by atoms with Gasteiger partial charge in [-0.2, -0.15) is 0 Å². The fourth-order valence-corrected chi connectivity index (χ4v) is 8.32. The minimum absolute atomic E-state index is 0.162. The summed E-state index contributed by atoms with van der Waals surface area (Å²) in [6, 6.07) is 63.5. The largest absolute Gasteiger partial charge is 0.674 e. The molecule has 6 rings (SSSR count). The van der Waals surface area contributed by atoms with Crippen LogP contribution in [0.15, 0.2) is 182 Å². The van der Waals surface area contributed by atoms with Crippen LogP contribution in [0.4, 0.5) is 0 Å². The molecule has 0 aliphatic heterocycles. The van der Waals surface area contributed by atoms with E-state index in [2.05, 4.69) is 182 Å². The van der Waals surface area contributed by atoms with Crippen LogP contribution in [0.25, 0.3) is 0 Å². The molecule has 246 valence electrons. The van der Waals surface area contributed by atoms with Gasteiger partial charge in [0.15, 0.2) is 0 Å². The molecule has 49 heavy (non-hydrogen) atoms. The number of benzene rings is 6. The normalized spacial score (nSPS) is 11.3. The first-order chi connectivity index (χ1) is 24.3. The Morgan fingerprint density at radius 2 is 0.490 bits per heavy atom. The van der Waals surface area contributed by atoms with Crippen LogP contribution in [0.1, 0.15) is 51.1 Å². The van der Waals surface area contributed by atoms with Gasteiger partial charge in [0.1, 0.15) is 0 Å². The van der Waals surface area contributed by atoms with Crippen LogP contribution in [0.5, 0.6) is 0 Å². The van der Waals surface area contributed by atoms with Crippen molar-refractivity contribution in [2.45, 2.75) is 17.8 Å². The summed E-state index contributed by atoms with van der Waals surface area (Å²) in [4.78, 5) is 0. The van der Waals surface area contributed by atoms with Crippen molar-refractivity contribution in [3.05, 3.63) is 215 Å². The van der Waals surface area contributed by atoms with Crippen molar-refractivity contribution >= 4 is 43.4 Å². The highest BCUT2D eigenvalue weighted by Gasteiger charge is 2.28. The molecule has 0 unspecified atom stereocenters. The number of rotatable bonds is 18. The van der Waals surface area contributed by atoms with Crippen molar-refractivity contribution in [2.24, 2.45) is 0 Å². The van der Waals surface area contributed by atoms with E-state index in [1.807, 2.05) is 0 Å². The van der Waals surface area contributed by atoms with E-state index >= 15 is 0 Å². The summed E-state index contributed by atoms with van der Waals surface area (Å²) in [5, 5.41) is 0. The maximum Gasteiger partial charge on any atom is 0.674 e. The molecule has 0 spiro atoms. The van der Waals surface area contributed by atoms with Crippen molar-refractivity contribution in [3.8, 4) is 0 Å². The lowest BCUT2D eigenvalue weighted by Crippen LogP contribution is -2.21. The summed E-state index contributed by atoms with van der Waals surface area (Å²) in [7, 11) is -0.883. The van der Waals surface area contributed by atoms with Crippen LogP contribution in [0.2, 0.25) is 0 Å². The summed E-state index contributed by atoms with van der Waals surface area (Å²) in [5.74, 6) is 2.61. The molecule has 0 saturated carbocycles. The molecule has 0 aliphatic carbocycles. The predicted molar refractivity (Wildman–Crippen MR) is 211 cm³/mol. The van der Waals surface area contributed by atoms with Crippen LogP contribution in [-0.2, 0) is 12.3 Å². The van der Waals surface area contributed by atoms with Gasteiger partial charge in [-0.15, -0.1) is 0 Å². The molecule has 0 radical (unpaired) electrons. The Morgan fingerprint density at radius 3 is 0.673 bits per heavy atom. The zero-order valence-corrected chi connectivity index (χ0v) is 29.7. The Labute approximate surface area is 304 Å². The Morgan fingerprint density at radius 1 is 0.306 bits per heavy atom. The first kappa shape index (κ1) is 35.2. The molecule has 7 heteroatoms. The highest BCUT2D eigenvalue weighted by Crippen LogP contribution is 2.34. The fourth-order valence-electron chi connectivity index (χ4n) is 5.80. The highest BCUT2D eigenvalue weighted by molar-refractivity contribution is 7.98. The van der Waals surface area contributed by atoms with E-state index in [9.17, 15) is 0 Å². The van der Waals surface area contributed by atoms with Gasteiger partial charge in [-0.3, -0.25) is 0 Å². The molecule has 3 nitrogen and oxygen atoms in total. The second kappa shape index (κ2) is 19.5. The standard InChI is InChI=1S/C42H39BO3S3/c1-7-19-34(20-8-1)40(35-21-9-2-10-22-35)31-47-44-43(45-48-32-41(36-23-11-3-12-24-36)37-25-13-4-14-26-37)46-49-33-42(38-27-15-5-16-28-38)39-29-17-6-18-30-39/h1-30,40-42H,31-33H2. The molecule has 0 atom stereocenters. The molecular formula is C42H39BO3S3. The summed E-state index contributed by atoms with van der Waals surface area (Å²) >= 11 is 4.16. The van der Waals surface area contributed by atoms with Gasteiger partial charge < -0.3 is 12.3 Å². The van der Waals surface area contributed by atoms with Gasteiger partial charge in [-0.05, 0) is 69.5 Å². The van der Waals surface area contributed by atoms with E-state index in [1.54, 1.807) is 0 Å². The average Bonchev–Trinajstić information content (AvgIpc) is 3.18. The van der Waals surface area contributed by atoms with E-state index < -0.39 is 7.32 Å². The third-order valence-corrected chi connectivity index (χ3v) is 10.6. The Hall–Kier alpha value is -3.69. The van der Waals surface area contributed by atoms with Gasteiger partial charge >= 0.3 is 7.32 Å². The van der Waals surface area contributed by atoms with Crippen LogP contribution in [0, 0.1) is 0 Å². The van der Waals surface area contributed by atoms with E-state index in [0.717, 1.165) is 0 Å². The van der Waals surface area contributed by atoms with E-state index in [0.29, 0.717) is 17.3 Å². The number of hydrogen-bond donors (Lipinski definition) is 0. The molecule has 0 bridgehead atoms. The second-order valence-electron chi connectivity index (χ2n) is 11.6. The molecule has 6 aromatic rings. The molecule has 0 fully saturated rings. The van der Waals surface area contributed by atoms with Gasteiger partial charge in [-0.1, -0.05) is 182 Å². The van der Waals surface area contributed by atoms with Crippen LogP contribution in [0.3, 0.4) is 0 Å². The molecule has 0 saturated heterocycles. The van der Waals surface area contributed by atoms with Gasteiger partial charge in [0, 0.05) is 35.0 Å². The van der Waals surface area contributed by atoms with Crippen molar-refractivity contribution in [1.82, 2.24) is 0 Å². The molecule has 0 N–H and O–H groups in total. The lowest BCUT2D eigenvalue weighted by Gasteiger charge is -2.21. The third kappa shape index (κ3) is 10.7. The Kier molecular flexibility index (Phi) is 14.0. The smallest absolute Gasteiger partial charge is 0.316 e. The van der Waals surface area contributed by atoms with Gasteiger partial charge in [0.05, 0.1) is 0 Å². The first-order valence-corrected chi connectivity index (χ1v) is 19.2. The molecule has 0 amide bonds. The fraction of sp³-hybridized carbons (Fsp3) is 0.143. The van der Waals surface area contributed by atoms with Crippen molar-refractivity contribution in [2.75, 3.05) is 17.3 Å². The maximum atomic E-state index is 6.33. The first-order valence-electron chi connectivity index (χ1n) is 16.5. The monoisotopic (exact) mass is 698 g/mol. The summed E-state index contributed by atoms with van der Waals surface area (Å²) in [6.07, 6.45) is 0. The minimum atomic E-state index is -0.883. The lowest BCUT2D eigenvalue weighted by molar-refractivity contribution is 0.378. The van der Waals surface area contributed by atoms with E-state index in [-0.39, 0.29) is 17.8 Å². The SMILES string of the molecule is c1ccc(C(CSOB(OSCC(c2ccccc2)c2ccccc2)OSCC(c2ccccc2)c2ccccc2)c2ccccc2)cc1. The molecule has 6 aromatic carbocycles. The molecule has 0 heterocycles. The zero-order chi connectivity index (χ0) is 33.4. The summed E-state index contributed by atoms with van der Waals surface area (Å²) in [5.41, 5.74) is 7.47. The minimum Gasteiger partial charge on any atom is -0.316 e. The molecule has 0 aliphatic rings. The predicted octanol–water partition coefficient (Wildman–Crippen LogP) is 11.5. The number of hydrogen-bond acceptors (Lipinski definition) is 6. The second-order valence-corrected chi connectivity index (χ2v) is 13.8. The van der Waals surface area contributed by atoms with Crippen molar-refractivity contribution in [1.29, 1.82) is 0 Å². The Bertz CT molecular complexity index is 1420. The van der Waals surface area contributed by atoms with Crippen LogP contribution < -0.4 is 0 Å². The van der Waals surface area contributed by atoms with E-state index in [1.165, 1.54) is 69.5 Å². The van der Waals surface area contributed by atoms with E-state index in [4.69, 9.17) is 12.3 Å². The Balaban J connectivity index is 1.15. The van der Waals surface area contributed by atoms with Gasteiger partial charge in [0.25, 0.3) is 0 Å². The van der Waals surface area contributed by atoms with Gasteiger partial charge in [-0.25, -0.2) is 0 Å². The quantitative estimate of drug-likeness (QED) is 0.0655. The summed E-state index contributed by atoms with van der Waals surface area (Å²) < 4.78 is 19.0. The maximum absolute atomic E-state index is 6.33. The third-order valence-electron chi connectivity index (χ3n) is 8.36. The summed E-state index contributed by atoms with van der Waals surface area (Å²) in [6.45, 7) is 0. The molecular weight excluding hydrogens is 659 g/mol. The van der Waals surface area contributed by atoms with Crippen LogP contribution >= 0.6 is 36.1 Å².